The number of amides is 1. The van der Waals surface area contributed by atoms with Crippen molar-refractivity contribution in [3.63, 3.8) is 0 Å². The fourth-order valence-corrected chi connectivity index (χ4v) is 2.48. The predicted molar refractivity (Wildman–Crippen MR) is 77.2 cm³/mol. The molecule has 1 saturated carbocycles. The Morgan fingerprint density at radius 2 is 2.25 bits per heavy atom. The maximum Gasteiger partial charge on any atom is 0.328 e. The second kappa shape index (κ2) is 6.35. The predicted octanol–water partition coefficient (Wildman–Crippen LogP) is 2.40. The molecule has 1 amide bonds. The SMILES string of the molecule is CCOC(=O)C(C)N(C(=O)c1ncccc1Br)C1CC1. The summed E-state index contributed by atoms with van der Waals surface area (Å²) in [4.78, 5) is 30.2. The molecule has 1 aromatic rings. The van der Waals surface area contributed by atoms with Gasteiger partial charge >= 0.3 is 5.97 Å². The van der Waals surface area contributed by atoms with Gasteiger partial charge in [-0.15, -0.1) is 0 Å². The largest absolute Gasteiger partial charge is 0.464 e. The molecule has 1 heterocycles. The lowest BCUT2D eigenvalue weighted by molar-refractivity contribution is -0.148. The lowest BCUT2D eigenvalue weighted by Gasteiger charge is -2.27. The maximum atomic E-state index is 12.6. The van der Waals surface area contributed by atoms with Crippen LogP contribution in [0, 0.1) is 0 Å². The number of pyridine rings is 1. The number of ether oxygens (including phenoxy) is 1. The van der Waals surface area contributed by atoms with Crippen molar-refractivity contribution < 1.29 is 14.3 Å². The minimum atomic E-state index is -0.594. The second-order valence-electron chi connectivity index (χ2n) is 4.71. The Bertz CT molecular complexity index is 517. The van der Waals surface area contributed by atoms with E-state index in [4.69, 9.17) is 4.74 Å². The topological polar surface area (TPSA) is 59.5 Å². The number of nitrogens with zero attached hydrogens (tertiary/aromatic N) is 2. The van der Waals surface area contributed by atoms with Gasteiger partial charge in [-0.1, -0.05) is 0 Å². The molecule has 1 unspecified atom stereocenters. The van der Waals surface area contributed by atoms with Crippen LogP contribution in [0.15, 0.2) is 22.8 Å². The van der Waals surface area contributed by atoms with E-state index in [1.165, 1.54) is 0 Å². The van der Waals surface area contributed by atoms with E-state index in [0.717, 1.165) is 12.8 Å². The lowest BCUT2D eigenvalue weighted by atomic mass is 10.2. The van der Waals surface area contributed by atoms with Gasteiger partial charge in [0.25, 0.3) is 5.91 Å². The van der Waals surface area contributed by atoms with Crippen LogP contribution in [-0.2, 0) is 9.53 Å². The van der Waals surface area contributed by atoms with Crippen molar-refractivity contribution in [3.05, 3.63) is 28.5 Å². The van der Waals surface area contributed by atoms with Gasteiger partial charge in [-0.3, -0.25) is 4.79 Å². The van der Waals surface area contributed by atoms with Gasteiger partial charge < -0.3 is 9.64 Å². The van der Waals surface area contributed by atoms with Crippen LogP contribution in [0.1, 0.15) is 37.2 Å². The number of hydrogen-bond donors (Lipinski definition) is 0. The second-order valence-corrected chi connectivity index (χ2v) is 5.56. The third-order valence-corrected chi connectivity index (χ3v) is 3.82. The molecular weight excluding hydrogens is 324 g/mol. The first kappa shape index (κ1) is 15.0. The van der Waals surface area contributed by atoms with Crippen LogP contribution in [0.4, 0.5) is 0 Å². The summed E-state index contributed by atoms with van der Waals surface area (Å²) in [6.45, 7) is 3.76. The van der Waals surface area contributed by atoms with E-state index in [1.807, 2.05) is 0 Å². The standard InChI is InChI=1S/C14H17BrN2O3/c1-3-20-14(19)9(2)17(10-6-7-10)13(18)12-11(15)5-4-8-16-12/h4-5,8-10H,3,6-7H2,1-2H3. The van der Waals surface area contributed by atoms with E-state index < -0.39 is 6.04 Å². The molecule has 1 aromatic heterocycles. The van der Waals surface area contributed by atoms with Gasteiger partial charge in [-0.05, 0) is 54.8 Å². The van der Waals surface area contributed by atoms with Gasteiger partial charge in [-0.25, -0.2) is 9.78 Å². The van der Waals surface area contributed by atoms with Crippen molar-refractivity contribution in [2.75, 3.05) is 6.61 Å². The highest BCUT2D eigenvalue weighted by atomic mass is 79.9. The highest BCUT2D eigenvalue weighted by Crippen LogP contribution is 2.31. The molecule has 0 bridgehead atoms. The Kier molecular flexibility index (Phi) is 4.75. The highest BCUT2D eigenvalue weighted by Gasteiger charge is 2.40. The molecule has 0 aliphatic heterocycles. The number of esters is 1. The molecule has 6 heteroatoms. The fraction of sp³-hybridized carbons (Fsp3) is 0.500. The van der Waals surface area contributed by atoms with E-state index in [9.17, 15) is 9.59 Å². The van der Waals surface area contributed by atoms with Crippen molar-refractivity contribution in [1.82, 2.24) is 9.88 Å². The quantitative estimate of drug-likeness (QED) is 0.772. The Balaban J connectivity index is 2.23. The van der Waals surface area contributed by atoms with Crippen LogP contribution in [0.25, 0.3) is 0 Å². The Morgan fingerprint density at radius 1 is 1.55 bits per heavy atom. The van der Waals surface area contributed by atoms with Crippen LogP contribution in [0.5, 0.6) is 0 Å². The molecule has 0 radical (unpaired) electrons. The zero-order valence-electron chi connectivity index (χ0n) is 11.5. The third-order valence-electron chi connectivity index (χ3n) is 3.18. The van der Waals surface area contributed by atoms with Crippen molar-refractivity contribution in [2.45, 2.75) is 38.8 Å². The molecule has 0 N–H and O–H groups in total. The highest BCUT2D eigenvalue weighted by molar-refractivity contribution is 9.10. The molecule has 1 aliphatic carbocycles. The molecule has 5 nitrogen and oxygen atoms in total. The van der Waals surface area contributed by atoms with Gasteiger partial charge in [0.2, 0.25) is 0 Å². The summed E-state index contributed by atoms with van der Waals surface area (Å²) >= 11 is 3.33. The molecular formula is C14H17BrN2O3. The summed E-state index contributed by atoms with van der Waals surface area (Å²) in [6.07, 6.45) is 3.40. The maximum absolute atomic E-state index is 12.6. The monoisotopic (exact) mass is 340 g/mol. The smallest absolute Gasteiger partial charge is 0.328 e. The number of carbonyl (C=O) groups excluding carboxylic acids is 2. The van der Waals surface area contributed by atoms with Gasteiger partial charge in [0.15, 0.2) is 0 Å². The van der Waals surface area contributed by atoms with Gasteiger partial charge in [0, 0.05) is 16.7 Å². The normalized spacial score (nSPS) is 15.6. The Morgan fingerprint density at radius 3 is 2.80 bits per heavy atom. The van der Waals surface area contributed by atoms with Crippen LogP contribution in [-0.4, -0.2) is 40.5 Å². The molecule has 1 fully saturated rings. The van der Waals surface area contributed by atoms with Crippen molar-refractivity contribution >= 4 is 27.8 Å². The summed E-state index contributed by atoms with van der Waals surface area (Å²) in [5, 5.41) is 0. The number of hydrogen-bond acceptors (Lipinski definition) is 4. The van der Waals surface area contributed by atoms with Crippen LogP contribution in [0.3, 0.4) is 0 Å². The van der Waals surface area contributed by atoms with Gasteiger partial charge in [0.05, 0.1) is 6.61 Å². The van der Waals surface area contributed by atoms with Crippen molar-refractivity contribution in [3.8, 4) is 0 Å². The minimum absolute atomic E-state index is 0.107. The number of rotatable bonds is 5. The number of aromatic nitrogens is 1. The average molecular weight is 341 g/mol. The van der Waals surface area contributed by atoms with E-state index in [2.05, 4.69) is 20.9 Å². The van der Waals surface area contributed by atoms with E-state index in [1.54, 1.807) is 37.1 Å². The van der Waals surface area contributed by atoms with Crippen LogP contribution < -0.4 is 0 Å². The molecule has 2 rings (SSSR count). The summed E-state index contributed by atoms with van der Waals surface area (Å²) in [5.41, 5.74) is 0.329. The molecule has 108 valence electrons. The minimum Gasteiger partial charge on any atom is -0.464 e. The van der Waals surface area contributed by atoms with Gasteiger partial charge in [-0.2, -0.15) is 0 Å². The lowest BCUT2D eigenvalue weighted by Crippen LogP contribution is -2.45. The van der Waals surface area contributed by atoms with E-state index >= 15 is 0 Å². The first-order chi connectivity index (χ1) is 9.56. The van der Waals surface area contributed by atoms with Gasteiger partial charge in [0.1, 0.15) is 11.7 Å². The number of carbonyl (C=O) groups is 2. The van der Waals surface area contributed by atoms with E-state index in [0.29, 0.717) is 16.8 Å². The summed E-state index contributed by atoms with van der Waals surface area (Å²) in [7, 11) is 0. The van der Waals surface area contributed by atoms with Crippen molar-refractivity contribution in [1.29, 1.82) is 0 Å². The zero-order chi connectivity index (χ0) is 14.7. The number of halogens is 1. The Hall–Kier alpha value is -1.43. The first-order valence-corrected chi connectivity index (χ1v) is 7.45. The summed E-state index contributed by atoms with van der Waals surface area (Å²) in [6, 6.07) is 3.02. The van der Waals surface area contributed by atoms with Crippen LogP contribution in [0.2, 0.25) is 0 Å². The first-order valence-electron chi connectivity index (χ1n) is 6.66. The molecule has 0 aromatic carbocycles. The van der Waals surface area contributed by atoms with E-state index in [-0.39, 0.29) is 17.9 Å². The molecule has 20 heavy (non-hydrogen) atoms. The Labute approximate surface area is 126 Å². The summed E-state index contributed by atoms with van der Waals surface area (Å²) in [5.74, 6) is -0.611. The molecule has 0 saturated heterocycles. The molecule has 1 aliphatic rings. The molecule has 0 spiro atoms. The van der Waals surface area contributed by atoms with Crippen molar-refractivity contribution in [2.24, 2.45) is 0 Å². The average Bonchev–Trinajstić information content (AvgIpc) is 3.24. The summed E-state index contributed by atoms with van der Waals surface area (Å²) < 4.78 is 5.65. The third kappa shape index (κ3) is 3.17. The zero-order valence-corrected chi connectivity index (χ0v) is 13.1. The molecule has 1 atom stereocenters. The van der Waals surface area contributed by atoms with Crippen LogP contribution >= 0.6 is 15.9 Å². The fourth-order valence-electron chi connectivity index (χ4n) is 2.05.